The van der Waals surface area contributed by atoms with Gasteiger partial charge in [0.05, 0.1) is 5.69 Å². The maximum atomic E-state index is 7.66. The average Bonchev–Trinajstić information content (AvgIpc) is 3.07. The molecule has 0 aliphatic carbocycles. The SMILES string of the molecule is [2H]C([2H])([2H])c1ccnc(-c2cccc3c2oc2c4ccccc4ccc32)c1. The van der Waals surface area contributed by atoms with Gasteiger partial charge < -0.3 is 4.42 Å². The molecule has 0 fully saturated rings. The normalized spacial score (nSPS) is 13.9. The van der Waals surface area contributed by atoms with Gasteiger partial charge in [0.25, 0.3) is 0 Å². The maximum Gasteiger partial charge on any atom is 0.144 e. The van der Waals surface area contributed by atoms with E-state index in [2.05, 4.69) is 23.2 Å². The van der Waals surface area contributed by atoms with Crippen LogP contribution in [0.25, 0.3) is 44.0 Å². The summed E-state index contributed by atoms with van der Waals surface area (Å²) in [6, 6.07) is 21.3. The fourth-order valence-electron chi connectivity index (χ4n) is 3.31. The molecule has 2 nitrogen and oxygen atoms in total. The molecule has 0 radical (unpaired) electrons. The van der Waals surface area contributed by atoms with E-state index in [1.807, 2.05) is 36.4 Å². The Labute approximate surface area is 143 Å². The molecule has 24 heavy (non-hydrogen) atoms. The lowest BCUT2D eigenvalue weighted by molar-refractivity contribution is 0.673. The number of nitrogens with zero attached hydrogens (tertiary/aromatic N) is 1. The van der Waals surface area contributed by atoms with Crippen LogP contribution < -0.4 is 0 Å². The molecule has 114 valence electrons. The van der Waals surface area contributed by atoms with Crippen LogP contribution in [0, 0.1) is 6.85 Å². The first kappa shape index (κ1) is 10.6. The summed E-state index contributed by atoms with van der Waals surface area (Å²) in [5.74, 6) is 0. The summed E-state index contributed by atoms with van der Waals surface area (Å²) in [6.07, 6.45) is 1.54. The van der Waals surface area contributed by atoms with Crippen LogP contribution in [0.5, 0.6) is 0 Å². The summed E-state index contributed by atoms with van der Waals surface area (Å²) in [4.78, 5) is 4.40. The highest BCUT2D eigenvalue weighted by molar-refractivity contribution is 6.17. The second-order valence-corrected chi connectivity index (χ2v) is 5.88. The zero-order chi connectivity index (χ0) is 18.6. The number of aromatic nitrogens is 1. The van der Waals surface area contributed by atoms with Crippen molar-refractivity contribution < 1.29 is 8.53 Å². The van der Waals surface area contributed by atoms with Gasteiger partial charge in [-0.05, 0) is 42.1 Å². The molecule has 2 heterocycles. The average molecular weight is 312 g/mol. The Kier molecular flexibility index (Phi) is 2.18. The standard InChI is InChI=1S/C22H15NO/c1-14-11-12-23-20(13-14)19-8-4-7-17-18-10-9-15-5-2-3-6-16(15)21(18)24-22(17)19/h2-13H,1H3/i1D3. The molecule has 0 unspecified atom stereocenters. The lowest BCUT2D eigenvalue weighted by Crippen LogP contribution is -1.84. The van der Waals surface area contributed by atoms with Gasteiger partial charge in [-0.25, -0.2) is 0 Å². The van der Waals surface area contributed by atoms with E-state index in [9.17, 15) is 0 Å². The van der Waals surface area contributed by atoms with Crippen molar-refractivity contribution >= 4 is 32.7 Å². The Bertz CT molecular complexity index is 1320. The van der Waals surface area contributed by atoms with Gasteiger partial charge in [-0.3, -0.25) is 4.98 Å². The molecule has 0 atom stereocenters. The molecule has 3 aromatic carbocycles. The predicted molar refractivity (Wildman–Crippen MR) is 99.2 cm³/mol. The minimum atomic E-state index is -2.17. The molecular formula is C22H15NO. The molecular weight excluding hydrogens is 294 g/mol. The highest BCUT2D eigenvalue weighted by Gasteiger charge is 2.14. The van der Waals surface area contributed by atoms with E-state index in [1.54, 1.807) is 6.07 Å². The van der Waals surface area contributed by atoms with E-state index in [0.29, 0.717) is 5.69 Å². The van der Waals surface area contributed by atoms with Crippen molar-refractivity contribution in [2.45, 2.75) is 6.85 Å². The van der Waals surface area contributed by atoms with Crippen LogP contribution in [0.4, 0.5) is 0 Å². The van der Waals surface area contributed by atoms with E-state index < -0.39 is 6.85 Å². The number of furan rings is 1. The molecule has 0 aliphatic heterocycles. The summed E-state index contributed by atoms with van der Waals surface area (Å²) in [5.41, 5.74) is 3.21. The maximum absolute atomic E-state index is 7.66. The van der Waals surface area contributed by atoms with Crippen LogP contribution in [0.3, 0.4) is 0 Å². The van der Waals surface area contributed by atoms with Crippen molar-refractivity contribution in [1.29, 1.82) is 0 Å². The molecule has 0 saturated heterocycles. The first-order valence-corrected chi connectivity index (χ1v) is 7.82. The van der Waals surface area contributed by atoms with E-state index >= 15 is 0 Å². The Morgan fingerprint density at radius 3 is 2.67 bits per heavy atom. The van der Waals surface area contributed by atoms with Crippen LogP contribution in [-0.4, -0.2) is 4.98 Å². The van der Waals surface area contributed by atoms with Crippen LogP contribution >= 0.6 is 0 Å². The number of pyridine rings is 1. The minimum absolute atomic E-state index is 0.270. The number of rotatable bonds is 1. The number of hydrogen-bond donors (Lipinski definition) is 0. The highest BCUT2D eigenvalue weighted by atomic mass is 16.3. The lowest BCUT2D eigenvalue weighted by Gasteiger charge is -2.02. The summed E-state index contributed by atoms with van der Waals surface area (Å²) < 4.78 is 29.3. The second-order valence-electron chi connectivity index (χ2n) is 5.88. The van der Waals surface area contributed by atoms with E-state index in [1.165, 1.54) is 12.3 Å². The fourth-order valence-corrected chi connectivity index (χ4v) is 3.31. The molecule has 0 bridgehead atoms. The third-order valence-corrected chi connectivity index (χ3v) is 4.42. The summed E-state index contributed by atoms with van der Waals surface area (Å²) in [7, 11) is 0. The van der Waals surface area contributed by atoms with Gasteiger partial charge in [0.2, 0.25) is 0 Å². The number of aryl methyl sites for hydroxylation is 1. The number of hydrogen-bond acceptors (Lipinski definition) is 2. The molecule has 2 heteroatoms. The largest absolute Gasteiger partial charge is 0.455 e. The molecule has 0 N–H and O–H groups in total. The van der Waals surface area contributed by atoms with Crippen LogP contribution in [0.1, 0.15) is 9.68 Å². The molecule has 2 aromatic heterocycles. The minimum Gasteiger partial charge on any atom is -0.455 e. The first-order chi connectivity index (χ1) is 13.0. The second kappa shape index (κ2) is 4.93. The van der Waals surface area contributed by atoms with Gasteiger partial charge in [0.1, 0.15) is 11.2 Å². The van der Waals surface area contributed by atoms with E-state index in [4.69, 9.17) is 8.53 Å². The highest BCUT2D eigenvalue weighted by Crippen LogP contribution is 2.38. The lowest BCUT2D eigenvalue weighted by atomic mass is 10.0. The molecule has 0 amide bonds. The smallest absolute Gasteiger partial charge is 0.144 e. The van der Waals surface area contributed by atoms with Crippen molar-refractivity contribution in [3.8, 4) is 11.3 Å². The van der Waals surface area contributed by atoms with Gasteiger partial charge in [0, 0.05) is 32.0 Å². The van der Waals surface area contributed by atoms with Gasteiger partial charge in [-0.2, -0.15) is 0 Å². The molecule has 0 aliphatic rings. The summed E-state index contributed by atoms with van der Waals surface area (Å²) >= 11 is 0. The van der Waals surface area contributed by atoms with Crippen LogP contribution in [0.2, 0.25) is 0 Å². The van der Waals surface area contributed by atoms with Gasteiger partial charge >= 0.3 is 0 Å². The molecule has 5 aromatic rings. The van der Waals surface area contributed by atoms with E-state index in [0.717, 1.165) is 38.3 Å². The molecule has 0 saturated carbocycles. The van der Waals surface area contributed by atoms with Gasteiger partial charge in [0.15, 0.2) is 0 Å². The summed E-state index contributed by atoms with van der Waals surface area (Å²) in [6.45, 7) is -2.17. The van der Waals surface area contributed by atoms with Crippen LogP contribution in [-0.2, 0) is 0 Å². The fraction of sp³-hybridized carbons (Fsp3) is 0.0455. The zero-order valence-corrected chi connectivity index (χ0v) is 12.8. The topological polar surface area (TPSA) is 26.0 Å². The number of para-hydroxylation sites is 1. The third kappa shape index (κ3) is 1.86. The third-order valence-electron chi connectivity index (χ3n) is 4.42. The van der Waals surface area contributed by atoms with Gasteiger partial charge in [-0.1, -0.05) is 42.5 Å². The van der Waals surface area contributed by atoms with Crippen molar-refractivity contribution in [2.24, 2.45) is 0 Å². The first-order valence-electron chi connectivity index (χ1n) is 9.32. The predicted octanol–water partition coefficient (Wildman–Crippen LogP) is 6.11. The number of fused-ring (bicyclic) bond motifs is 5. The van der Waals surface area contributed by atoms with Crippen molar-refractivity contribution in [3.63, 3.8) is 0 Å². The van der Waals surface area contributed by atoms with Crippen molar-refractivity contribution in [3.05, 3.63) is 78.5 Å². The molecule has 0 spiro atoms. The monoisotopic (exact) mass is 312 g/mol. The Morgan fingerprint density at radius 1 is 0.833 bits per heavy atom. The quantitative estimate of drug-likeness (QED) is 0.373. The van der Waals surface area contributed by atoms with Crippen LogP contribution in [0.15, 0.2) is 77.3 Å². The summed E-state index contributed by atoms with van der Waals surface area (Å²) in [5, 5.41) is 4.21. The van der Waals surface area contributed by atoms with Crippen molar-refractivity contribution in [1.82, 2.24) is 4.98 Å². The number of benzene rings is 3. The van der Waals surface area contributed by atoms with Crippen molar-refractivity contribution in [2.75, 3.05) is 0 Å². The Balaban J connectivity index is 1.83. The Hall–Kier alpha value is -3.13. The Morgan fingerprint density at radius 2 is 1.71 bits per heavy atom. The van der Waals surface area contributed by atoms with E-state index in [-0.39, 0.29) is 5.56 Å². The van der Waals surface area contributed by atoms with Gasteiger partial charge in [-0.15, -0.1) is 0 Å². The molecule has 5 rings (SSSR count). The zero-order valence-electron chi connectivity index (χ0n) is 15.8.